The molecular formula is C20H21F3N4O2S. The van der Waals surface area contributed by atoms with Crippen LogP contribution in [0.1, 0.15) is 16.8 Å². The molecule has 0 aliphatic carbocycles. The van der Waals surface area contributed by atoms with Crippen molar-refractivity contribution >= 4 is 15.7 Å². The van der Waals surface area contributed by atoms with Crippen molar-refractivity contribution in [3.8, 4) is 0 Å². The van der Waals surface area contributed by atoms with Gasteiger partial charge in [0.15, 0.2) is 0 Å². The lowest BCUT2D eigenvalue weighted by Crippen LogP contribution is -2.48. The molecule has 160 valence electrons. The fourth-order valence-electron chi connectivity index (χ4n) is 3.61. The van der Waals surface area contributed by atoms with Crippen LogP contribution in [0, 0.1) is 6.92 Å². The quantitative estimate of drug-likeness (QED) is 0.628. The van der Waals surface area contributed by atoms with E-state index in [1.807, 2.05) is 35.0 Å². The predicted octanol–water partition coefficient (Wildman–Crippen LogP) is 3.17. The van der Waals surface area contributed by atoms with Crippen LogP contribution in [0.15, 0.2) is 53.7 Å². The molecule has 0 spiro atoms. The molecule has 0 amide bonds. The second-order valence-electron chi connectivity index (χ2n) is 7.36. The van der Waals surface area contributed by atoms with Crippen molar-refractivity contribution in [1.82, 2.24) is 18.6 Å². The van der Waals surface area contributed by atoms with Crippen molar-refractivity contribution in [2.75, 3.05) is 26.2 Å². The lowest BCUT2D eigenvalue weighted by molar-refractivity contribution is -0.137. The van der Waals surface area contributed by atoms with Gasteiger partial charge in [0.05, 0.1) is 16.2 Å². The fourth-order valence-corrected chi connectivity index (χ4v) is 5.29. The van der Waals surface area contributed by atoms with E-state index in [9.17, 15) is 21.6 Å². The number of hydrogen-bond donors (Lipinski definition) is 0. The van der Waals surface area contributed by atoms with Gasteiger partial charge in [-0.1, -0.05) is 12.1 Å². The number of fused-ring (bicyclic) bond motifs is 1. The van der Waals surface area contributed by atoms with Crippen LogP contribution < -0.4 is 0 Å². The SMILES string of the molecule is Cc1ccc(C(F)(F)F)cc1S(=O)(=O)N1CCN(Cc2cn3ccccc3n2)CC1. The highest BCUT2D eigenvalue weighted by molar-refractivity contribution is 7.89. The number of aryl methyl sites for hydroxylation is 1. The zero-order chi connectivity index (χ0) is 21.5. The van der Waals surface area contributed by atoms with Crippen molar-refractivity contribution in [1.29, 1.82) is 0 Å². The van der Waals surface area contributed by atoms with Gasteiger partial charge < -0.3 is 4.40 Å². The van der Waals surface area contributed by atoms with E-state index in [-0.39, 0.29) is 18.0 Å². The first kappa shape index (κ1) is 20.8. The maximum Gasteiger partial charge on any atom is 0.416 e. The van der Waals surface area contributed by atoms with Crippen LogP contribution in [-0.2, 0) is 22.7 Å². The molecule has 1 aromatic carbocycles. The number of sulfonamides is 1. The summed E-state index contributed by atoms with van der Waals surface area (Å²) in [6, 6.07) is 8.57. The van der Waals surface area contributed by atoms with Crippen molar-refractivity contribution < 1.29 is 21.6 Å². The number of piperazine rings is 1. The maximum absolute atomic E-state index is 13.0. The first-order valence-electron chi connectivity index (χ1n) is 9.47. The summed E-state index contributed by atoms with van der Waals surface area (Å²) in [6.45, 7) is 3.47. The Labute approximate surface area is 172 Å². The summed E-state index contributed by atoms with van der Waals surface area (Å²) < 4.78 is 68.3. The normalized spacial score (nSPS) is 16.9. The van der Waals surface area contributed by atoms with Gasteiger partial charge in [-0.3, -0.25) is 4.90 Å². The number of alkyl halides is 3. The second-order valence-corrected chi connectivity index (χ2v) is 9.26. The predicted molar refractivity (Wildman–Crippen MR) is 105 cm³/mol. The summed E-state index contributed by atoms with van der Waals surface area (Å²) in [4.78, 5) is 6.35. The number of hydrogen-bond acceptors (Lipinski definition) is 4. The number of halogens is 3. The molecule has 0 bridgehead atoms. The van der Waals surface area contributed by atoms with Gasteiger partial charge in [-0.25, -0.2) is 13.4 Å². The van der Waals surface area contributed by atoms with Crippen LogP contribution in [0.4, 0.5) is 13.2 Å². The first-order chi connectivity index (χ1) is 14.1. The average Bonchev–Trinajstić information content (AvgIpc) is 3.10. The van der Waals surface area contributed by atoms with Gasteiger partial charge >= 0.3 is 6.18 Å². The summed E-state index contributed by atoms with van der Waals surface area (Å²) in [5.41, 5.74) is 1.06. The highest BCUT2D eigenvalue weighted by Crippen LogP contribution is 2.32. The standard InChI is InChI=1S/C20H21F3N4O2S/c1-15-5-6-16(20(21,22)23)12-18(15)30(28,29)27-10-8-25(9-11-27)13-17-14-26-7-3-2-4-19(26)24-17/h2-7,12,14H,8-11,13H2,1H3. The molecule has 1 aliphatic heterocycles. The zero-order valence-electron chi connectivity index (χ0n) is 16.3. The van der Waals surface area contributed by atoms with Crippen molar-refractivity contribution in [2.45, 2.75) is 24.5 Å². The Bertz CT molecular complexity index is 1130. The minimum atomic E-state index is -4.59. The van der Waals surface area contributed by atoms with E-state index in [0.717, 1.165) is 23.5 Å². The third kappa shape index (κ3) is 4.07. The molecule has 1 aliphatic rings. The number of pyridine rings is 1. The Hall–Kier alpha value is -2.43. The third-order valence-electron chi connectivity index (χ3n) is 5.26. The lowest BCUT2D eigenvalue weighted by Gasteiger charge is -2.33. The van der Waals surface area contributed by atoms with Crippen molar-refractivity contribution in [3.63, 3.8) is 0 Å². The van der Waals surface area contributed by atoms with E-state index in [2.05, 4.69) is 9.88 Å². The van der Waals surface area contributed by atoms with E-state index >= 15 is 0 Å². The Morgan fingerprint density at radius 3 is 2.47 bits per heavy atom. The van der Waals surface area contributed by atoms with Gasteiger partial charge in [0.25, 0.3) is 0 Å². The summed E-state index contributed by atoms with van der Waals surface area (Å²) in [7, 11) is -4.01. The largest absolute Gasteiger partial charge is 0.416 e. The van der Waals surface area contributed by atoms with E-state index in [4.69, 9.17) is 0 Å². The minimum absolute atomic E-state index is 0.214. The zero-order valence-corrected chi connectivity index (χ0v) is 17.1. The molecule has 1 fully saturated rings. The van der Waals surface area contributed by atoms with Crippen LogP contribution in [-0.4, -0.2) is 53.2 Å². The van der Waals surface area contributed by atoms with Gasteiger partial charge in [0.1, 0.15) is 5.65 Å². The maximum atomic E-state index is 13.0. The third-order valence-corrected chi connectivity index (χ3v) is 7.30. The number of imidazole rings is 1. The smallest absolute Gasteiger partial charge is 0.307 e. The average molecular weight is 438 g/mol. The van der Waals surface area contributed by atoms with Gasteiger partial charge in [-0.2, -0.15) is 17.5 Å². The highest BCUT2D eigenvalue weighted by atomic mass is 32.2. The molecule has 2 aromatic heterocycles. The van der Waals surface area contributed by atoms with Gasteiger partial charge in [0, 0.05) is 45.1 Å². The van der Waals surface area contributed by atoms with E-state index in [0.29, 0.717) is 25.2 Å². The van der Waals surface area contributed by atoms with E-state index in [1.54, 1.807) is 0 Å². The molecule has 0 unspecified atom stereocenters. The van der Waals surface area contributed by atoms with Crippen LogP contribution >= 0.6 is 0 Å². The van der Waals surface area contributed by atoms with Crippen LogP contribution in [0.25, 0.3) is 5.65 Å². The molecule has 0 saturated carbocycles. The van der Waals surface area contributed by atoms with E-state index in [1.165, 1.54) is 17.3 Å². The monoisotopic (exact) mass is 438 g/mol. The first-order valence-corrected chi connectivity index (χ1v) is 10.9. The molecule has 4 rings (SSSR count). The van der Waals surface area contributed by atoms with Crippen LogP contribution in [0.3, 0.4) is 0 Å². The molecule has 1 saturated heterocycles. The van der Waals surface area contributed by atoms with Gasteiger partial charge in [-0.05, 0) is 36.8 Å². The topological polar surface area (TPSA) is 57.9 Å². The summed E-state index contributed by atoms with van der Waals surface area (Å²) in [5, 5.41) is 0. The molecule has 0 atom stereocenters. The van der Waals surface area contributed by atoms with Crippen LogP contribution in [0.5, 0.6) is 0 Å². The Morgan fingerprint density at radius 2 is 1.80 bits per heavy atom. The summed E-state index contributed by atoms with van der Waals surface area (Å²) in [6.07, 6.45) is -0.747. The second kappa shape index (κ2) is 7.68. The van der Waals surface area contributed by atoms with Crippen molar-refractivity contribution in [2.24, 2.45) is 0 Å². The van der Waals surface area contributed by atoms with Gasteiger partial charge in [-0.15, -0.1) is 0 Å². The van der Waals surface area contributed by atoms with Crippen molar-refractivity contribution in [3.05, 3.63) is 65.6 Å². The molecule has 6 nitrogen and oxygen atoms in total. The number of nitrogens with zero attached hydrogens (tertiary/aromatic N) is 4. The highest BCUT2D eigenvalue weighted by Gasteiger charge is 2.35. The minimum Gasteiger partial charge on any atom is -0.307 e. The number of aromatic nitrogens is 2. The Morgan fingerprint density at radius 1 is 1.07 bits per heavy atom. The lowest BCUT2D eigenvalue weighted by atomic mass is 10.1. The van der Waals surface area contributed by atoms with Gasteiger partial charge in [0.2, 0.25) is 10.0 Å². The summed E-state index contributed by atoms with van der Waals surface area (Å²) in [5.74, 6) is 0. The molecule has 10 heteroatoms. The molecule has 0 radical (unpaired) electrons. The summed E-state index contributed by atoms with van der Waals surface area (Å²) >= 11 is 0. The Balaban J connectivity index is 1.46. The molecule has 30 heavy (non-hydrogen) atoms. The molecule has 3 aromatic rings. The number of benzene rings is 1. The van der Waals surface area contributed by atoms with Crippen LogP contribution in [0.2, 0.25) is 0 Å². The molecule has 0 N–H and O–H groups in total. The van der Waals surface area contributed by atoms with E-state index < -0.39 is 21.8 Å². The fraction of sp³-hybridized carbons (Fsp3) is 0.350. The number of rotatable bonds is 4. The Kier molecular flexibility index (Phi) is 5.33. The molecule has 3 heterocycles. The molecular weight excluding hydrogens is 417 g/mol.